The van der Waals surface area contributed by atoms with Crippen LogP contribution in [0.1, 0.15) is 23.2 Å². The van der Waals surface area contributed by atoms with Gasteiger partial charge in [0.05, 0.1) is 17.8 Å². The molecule has 0 radical (unpaired) electrons. The first kappa shape index (κ1) is 16.5. The lowest BCUT2D eigenvalue weighted by atomic mass is 10.2. The Kier molecular flexibility index (Phi) is 4.84. The number of carbonyl (C=O) groups excluding carboxylic acids is 1. The van der Waals surface area contributed by atoms with Crippen molar-refractivity contribution in [3.8, 4) is 0 Å². The molecule has 128 valence electrons. The number of sulfonamides is 1. The number of imidazole rings is 1. The summed E-state index contributed by atoms with van der Waals surface area (Å²) in [5, 5.41) is 2.86. The van der Waals surface area contributed by atoms with Crippen LogP contribution in [0.4, 0.5) is 5.69 Å². The minimum absolute atomic E-state index is 0.156. The van der Waals surface area contributed by atoms with E-state index in [1.54, 1.807) is 36.8 Å². The van der Waals surface area contributed by atoms with Crippen molar-refractivity contribution in [3.63, 3.8) is 0 Å². The molecule has 1 aliphatic heterocycles. The highest BCUT2D eigenvalue weighted by Gasteiger charge is 2.28. The molecule has 1 aromatic carbocycles. The third-order valence-corrected chi connectivity index (χ3v) is 5.82. The molecule has 0 bridgehead atoms. The summed E-state index contributed by atoms with van der Waals surface area (Å²) in [4.78, 5) is 16.1. The van der Waals surface area contributed by atoms with E-state index in [2.05, 4.69) is 10.3 Å². The second kappa shape index (κ2) is 7.04. The molecular weight excluding hydrogens is 328 g/mol. The van der Waals surface area contributed by atoms with E-state index in [9.17, 15) is 13.2 Å². The van der Waals surface area contributed by atoms with Crippen molar-refractivity contribution in [2.75, 3.05) is 23.1 Å². The number of carbonyl (C=O) groups is 1. The number of anilines is 1. The molecule has 24 heavy (non-hydrogen) atoms. The van der Waals surface area contributed by atoms with Gasteiger partial charge in [-0.05, 0) is 37.1 Å². The van der Waals surface area contributed by atoms with Gasteiger partial charge in [0, 0.05) is 37.6 Å². The molecule has 0 unspecified atom stereocenters. The Labute approximate surface area is 141 Å². The quantitative estimate of drug-likeness (QED) is 0.796. The van der Waals surface area contributed by atoms with Crippen molar-refractivity contribution in [2.45, 2.75) is 19.4 Å². The maximum Gasteiger partial charge on any atom is 0.251 e. The van der Waals surface area contributed by atoms with Gasteiger partial charge in [0.2, 0.25) is 10.0 Å². The zero-order valence-corrected chi connectivity index (χ0v) is 14.1. The van der Waals surface area contributed by atoms with E-state index in [4.69, 9.17) is 0 Å². The monoisotopic (exact) mass is 348 g/mol. The van der Waals surface area contributed by atoms with Gasteiger partial charge >= 0.3 is 0 Å². The molecule has 1 saturated heterocycles. The van der Waals surface area contributed by atoms with Crippen LogP contribution in [0.3, 0.4) is 0 Å². The Bertz CT molecular complexity index is 785. The zero-order valence-electron chi connectivity index (χ0n) is 13.3. The normalized spacial score (nSPS) is 16.2. The fraction of sp³-hybridized carbons (Fsp3) is 0.375. The number of hydrogen-bond acceptors (Lipinski definition) is 4. The summed E-state index contributed by atoms with van der Waals surface area (Å²) in [7, 11) is -3.19. The van der Waals surface area contributed by atoms with Crippen LogP contribution in [-0.4, -0.2) is 42.7 Å². The highest BCUT2D eigenvalue weighted by Crippen LogP contribution is 2.24. The molecular formula is C16H20N4O3S. The van der Waals surface area contributed by atoms with E-state index in [1.165, 1.54) is 4.31 Å². The van der Waals surface area contributed by atoms with Gasteiger partial charge in [-0.1, -0.05) is 0 Å². The molecule has 7 nitrogen and oxygen atoms in total. The summed E-state index contributed by atoms with van der Waals surface area (Å²) < 4.78 is 27.1. The molecule has 0 spiro atoms. The van der Waals surface area contributed by atoms with Crippen LogP contribution >= 0.6 is 0 Å². The molecule has 1 aromatic heterocycles. The Morgan fingerprint density at radius 2 is 2.04 bits per heavy atom. The van der Waals surface area contributed by atoms with Crippen molar-refractivity contribution >= 4 is 21.6 Å². The van der Waals surface area contributed by atoms with E-state index in [0.717, 1.165) is 13.0 Å². The molecule has 2 aromatic rings. The molecule has 1 N–H and O–H groups in total. The highest BCUT2D eigenvalue weighted by molar-refractivity contribution is 7.93. The van der Waals surface area contributed by atoms with Gasteiger partial charge in [-0.3, -0.25) is 9.10 Å². The summed E-state index contributed by atoms with van der Waals surface area (Å²) >= 11 is 0. The standard InChI is InChI=1S/C16H20N4O3S/c21-16(18-7-1-9-19-11-8-17-13-19)14-3-5-15(6-4-14)20-10-2-12-24(20,22)23/h3-6,8,11,13H,1-2,7,9-10,12H2,(H,18,21). The minimum Gasteiger partial charge on any atom is -0.352 e. The average Bonchev–Trinajstić information content (AvgIpc) is 3.20. The average molecular weight is 348 g/mol. The minimum atomic E-state index is -3.19. The van der Waals surface area contributed by atoms with Crippen molar-refractivity contribution < 1.29 is 13.2 Å². The zero-order chi connectivity index (χ0) is 17.0. The maximum atomic E-state index is 12.1. The van der Waals surface area contributed by atoms with Crippen LogP contribution in [0, 0.1) is 0 Å². The first-order valence-electron chi connectivity index (χ1n) is 7.91. The fourth-order valence-electron chi connectivity index (χ4n) is 2.69. The van der Waals surface area contributed by atoms with Gasteiger partial charge in [0.15, 0.2) is 0 Å². The topological polar surface area (TPSA) is 84.3 Å². The van der Waals surface area contributed by atoms with E-state index in [0.29, 0.717) is 30.8 Å². The third-order valence-electron chi connectivity index (χ3n) is 3.95. The molecule has 1 fully saturated rings. The Morgan fingerprint density at radius 1 is 1.25 bits per heavy atom. The predicted octanol–water partition coefficient (Wildman–Crippen LogP) is 1.24. The van der Waals surface area contributed by atoms with Gasteiger partial charge in [-0.2, -0.15) is 0 Å². The Hall–Kier alpha value is -2.35. The van der Waals surface area contributed by atoms with Crippen LogP contribution in [0.25, 0.3) is 0 Å². The first-order valence-corrected chi connectivity index (χ1v) is 9.51. The van der Waals surface area contributed by atoms with Crippen LogP contribution < -0.4 is 9.62 Å². The van der Waals surface area contributed by atoms with Crippen LogP contribution in [0.2, 0.25) is 0 Å². The predicted molar refractivity (Wildman–Crippen MR) is 91.4 cm³/mol. The fourth-order valence-corrected chi connectivity index (χ4v) is 4.26. The number of aryl methyl sites for hydroxylation is 1. The van der Waals surface area contributed by atoms with E-state index >= 15 is 0 Å². The summed E-state index contributed by atoms with van der Waals surface area (Å²) in [6, 6.07) is 6.69. The second-order valence-corrected chi connectivity index (χ2v) is 7.71. The smallest absolute Gasteiger partial charge is 0.251 e. The molecule has 0 aliphatic carbocycles. The van der Waals surface area contributed by atoms with E-state index < -0.39 is 10.0 Å². The molecule has 1 amide bonds. The first-order chi connectivity index (χ1) is 11.6. The van der Waals surface area contributed by atoms with Gasteiger partial charge in [-0.25, -0.2) is 13.4 Å². The summed E-state index contributed by atoms with van der Waals surface area (Å²) in [6.07, 6.45) is 6.80. The van der Waals surface area contributed by atoms with Crippen LogP contribution in [0.5, 0.6) is 0 Å². The van der Waals surface area contributed by atoms with Crippen molar-refractivity contribution in [3.05, 3.63) is 48.5 Å². The van der Waals surface area contributed by atoms with E-state index in [1.807, 2.05) is 10.8 Å². The van der Waals surface area contributed by atoms with Gasteiger partial charge in [0.1, 0.15) is 0 Å². The summed E-state index contributed by atoms with van der Waals surface area (Å²) in [5.41, 5.74) is 1.14. The highest BCUT2D eigenvalue weighted by atomic mass is 32.2. The van der Waals surface area contributed by atoms with Crippen LogP contribution in [-0.2, 0) is 16.6 Å². The molecule has 1 aliphatic rings. The Balaban J connectivity index is 1.52. The lowest BCUT2D eigenvalue weighted by Gasteiger charge is -2.17. The molecule has 0 saturated carbocycles. The summed E-state index contributed by atoms with van der Waals surface area (Å²) in [5.74, 6) is 0.0306. The van der Waals surface area contributed by atoms with Gasteiger partial charge in [-0.15, -0.1) is 0 Å². The molecule has 2 heterocycles. The number of aromatic nitrogens is 2. The molecule has 0 atom stereocenters. The van der Waals surface area contributed by atoms with E-state index in [-0.39, 0.29) is 11.7 Å². The van der Waals surface area contributed by atoms with Crippen molar-refractivity contribution in [2.24, 2.45) is 0 Å². The lowest BCUT2D eigenvalue weighted by molar-refractivity contribution is 0.0952. The summed E-state index contributed by atoms with van der Waals surface area (Å²) in [6.45, 7) is 1.87. The SMILES string of the molecule is O=C(NCCCn1ccnc1)c1ccc(N2CCCS2(=O)=O)cc1. The van der Waals surface area contributed by atoms with Crippen molar-refractivity contribution in [1.82, 2.24) is 14.9 Å². The Morgan fingerprint density at radius 3 is 2.67 bits per heavy atom. The number of benzene rings is 1. The number of hydrogen-bond donors (Lipinski definition) is 1. The maximum absolute atomic E-state index is 12.1. The number of nitrogens with one attached hydrogen (secondary N) is 1. The largest absolute Gasteiger partial charge is 0.352 e. The number of amides is 1. The number of rotatable bonds is 6. The molecule has 3 rings (SSSR count). The lowest BCUT2D eigenvalue weighted by Crippen LogP contribution is -2.26. The van der Waals surface area contributed by atoms with Crippen molar-refractivity contribution in [1.29, 1.82) is 0 Å². The van der Waals surface area contributed by atoms with Gasteiger partial charge < -0.3 is 9.88 Å². The molecule has 8 heteroatoms. The van der Waals surface area contributed by atoms with Gasteiger partial charge in [0.25, 0.3) is 5.91 Å². The van der Waals surface area contributed by atoms with Crippen LogP contribution in [0.15, 0.2) is 43.0 Å². The second-order valence-electron chi connectivity index (χ2n) is 5.70. The third kappa shape index (κ3) is 3.76. The number of nitrogens with zero attached hydrogens (tertiary/aromatic N) is 3.